The van der Waals surface area contributed by atoms with Crippen LogP contribution in [0.25, 0.3) is 0 Å². The monoisotopic (exact) mass is 137 g/mol. The van der Waals surface area contributed by atoms with E-state index in [9.17, 15) is 0 Å². The van der Waals surface area contributed by atoms with Gasteiger partial charge in [0.25, 0.3) is 0 Å². The van der Waals surface area contributed by atoms with Gasteiger partial charge in [-0.05, 0) is 32.3 Å². The van der Waals surface area contributed by atoms with Crippen molar-refractivity contribution in [2.45, 2.75) is 40.0 Å². The molecule has 0 atom stereocenters. The van der Waals surface area contributed by atoms with Crippen LogP contribution in [0.1, 0.15) is 40.0 Å². The molecule has 0 saturated heterocycles. The highest BCUT2D eigenvalue weighted by Gasteiger charge is 1.80. The van der Waals surface area contributed by atoms with Gasteiger partial charge < -0.3 is 0 Å². The van der Waals surface area contributed by atoms with Crippen LogP contribution in [0.15, 0.2) is 17.7 Å². The van der Waals surface area contributed by atoms with Gasteiger partial charge in [0.05, 0.1) is 0 Å². The van der Waals surface area contributed by atoms with Crippen molar-refractivity contribution in [3.05, 3.63) is 23.8 Å². The van der Waals surface area contributed by atoms with Crippen molar-refractivity contribution in [3.63, 3.8) is 0 Å². The van der Waals surface area contributed by atoms with Crippen LogP contribution in [-0.2, 0) is 0 Å². The first-order chi connectivity index (χ1) is 4.81. The molecule has 10 heavy (non-hydrogen) atoms. The maximum Gasteiger partial charge on any atom is -0.00952 e. The average Bonchev–Trinajstić information content (AvgIpc) is 1.98. The Balaban J connectivity index is 3.42. The first kappa shape index (κ1) is 9.48. The maximum absolute atomic E-state index is 3.30. The van der Waals surface area contributed by atoms with Crippen LogP contribution >= 0.6 is 0 Å². The van der Waals surface area contributed by atoms with E-state index in [4.69, 9.17) is 0 Å². The van der Waals surface area contributed by atoms with Crippen molar-refractivity contribution < 1.29 is 0 Å². The van der Waals surface area contributed by atoms with E-state index in [0.717, 1.165) is 19.3 Å². The van der Waals surface area contributed by atoms with E-state index in [1.165, 1.54) is 5.57 Å². The minimum atomic E-state index is 0.980. The van der Waals surface area contributed by atoms with Gasteiger partial charge in [-0.2, -0.15) is 0 Å². The van der Waals surface area contributed by atoms with Gasteiger partial charge in [0.15, 0.2) is 0 Å². The Kier molecular flexibility index (Phi) is 6.25. The maximum atomic E-state index is 3.30. The molecule has 0 amide bonds. The second kappa shape index (κ2) is 6.60. The molecule has 0 unspecified atom stereocenters. The molecule has 0 aliphatic carbocycles. The SMILES string of the molecule is CCC=CC/[C]=C(\C)CC. The fourth-order valence-corrected chi connectivity index (χ4v) is 0.608. The van der Waals surface area contributed by atoms with Gasteiger partial charge in [-0.3, -0.25) is 0 Å². The zero-order valence-electron chi connectivity index (χ0n) is 7.28. The lowest BCUT2D eigenvalue weighted by atomic mass is 10.2. The molecule has 0 aromatic rings. The fourth-order valence-electron chi connectivity index (χ4n) is 0.608. The molecule has 0 saturated carbocycles. The van der Waals surface area contributed by atoms with E-state index >= 15 is 0 Å². The summed E-state index contributed by atoms with van der Waals surface area (Å²) in [5.74, 6) is 0. The standard InChI is InChI=1S/C10H17/c1-4-6-7-8-9-10(3)5-2/h6-7H,4-5,8H2,1-3H3. The Morgan fingerprint density at radius 2 is 2.00 bits per heavy atom. The van der Waals surface area contributed by atoms with Crippen LogP contribution in [0, 0.1) is 6.08 Å². The molecule has 0 aliphatic rings. The number of allylic oxidation sites excluding steroid dienone is 4. The molecule has 1 radical (unpaired) electrons. The predicted octanol–water partition coefficient (Wildman–Crippen LogP) is 3.50. The van der Waals surface area contributed by atoms with Gasteiger partial charge >= 0.3 is 0 Å². The highest BCUT2D eigenvalue weighted by Crippen LogP contribution is 1.99. The Morgan fingerprint density at radius 1 is 1.30 bits per heavy atom. The Labute approximate surface area is 64.6 Å². The summed E-state index contributed by atoms with van der Waals surface area (Å²) < 4.78 is 0. The van der Waals surface area contributed by atoms with E-state index in [-0.39, 0.29) is 0 Å². The van der Waals surface area contributed by atoms with Crippen molar-refractivity contribution in [2.75, 3.05) is 0 Å². The van der Waals surface area contributed by atoms with Crippen LogP contribution in [0.3, 0.4) is 0 Å². The van der Waals surface area contributed by atoms with E-state index in [2.05, 4.69) is 39.0 Å². The summed E-state index contributed by atoms with van der Waals surface area (Å²) in [6.45, 7) is 6.43. The quantitative estimate of drug-likeness (QED) is 0.520. The molecule has 0 aromatic carbocycles. The lowest BCUT2D eigenvalue weighted by molar-refractivity contribution is 1.06. The molecule has 0 heteroatoms. The molecule has 0 rings (SSSR count). The molecule has 0 N–H and O–H groups in total. The smallest absolute Gasteiger partial charge is 0.00952 e. The zero-order valence-corrected chi connectivity index (χ0v) is 7.28. The third kappa shape index (κ3) is 5.61. The fraction of sp³-hybridized carbons (Fsp3) is 0.600. The van der Waals surface area contributed by atoms with E-state index in [0.29, 0.717) is 0 Å². The summed E-state index contributed by atoms with van der Waals surface area (Å²) in [6.07, 6.45) is 10.9. The molecule has 0 spiro atoms. The van der Waals surface area contributed by atoms with Crippen molar-refractivity contribution >= 4 is 0 Å². The molecule has 0 bridgehead atoms. The molecule has 57 valence electrons. The van der Waals surface area contributed by atoms with Gasteiger partial charge in [0, 0.05) is 0 Å². The minimum Gasteiger partial charge on any atom is -0.0885 e. The topological polar surface area (TPSA) is 0 Å². The summed E-state index contributed by atoms with van der Waals surface area (Å²) in [7, 11) is 0. The highest BCUT2D eigenvalue weighted by molar-refractivity contribution is 4.95. The van der Waals surface area contributed by atoms with Crippen LogP contribution in [0.2, 0.25) is 0 Å². The Hall–Kier alpha value is -0.520. The van der Waals surface area contributed by atoms with Crippen LogP contribution in [-0.4, -0.2) is 0 Å². The summed E-state index contributed by atoms with van der Waals surface area (Å²) in [5, 5.41) is 0. The molecule has 0 nitrogen and oxygen atoms in total. The lowest BCUT2D eigenvalue weighted by Crippen LogP contribution is -1.70. The first-order valence-corrected chi connectivity index (χ1v) is 4.02. The van der Waals surface area contributed by atoms with Gasteiger partial charge in [0.2, 0.25) is 0 Å². The van der Waals surface area contributed by atoms with Crippen molar-refractivity contribution in [1.82, 2.24) is 0 Å². The molecule has 0 fully saturated rings. The highest BCUT2D eigenvalue weighted by atomic mass is 13.9. The molecule has 0 aliphatic heterocycles. The molecular formula is C10H17. The number of rotatable bonds is 4. The van der Waals surface area contributed by atoms with E-state index < -0.39 is 0 Å². The molecule has 0 heterocycles. The summed E-state index contributed by atoms with van der Waals surface area (Å²) in [6, 6.07) is 0. The van der Waals surface area contributed by atoms with Crippen LogP contribution in [0.5, 0.6) is 0 Å². The number of hydrogen-bond acceptors (Lipinski definition) is 0. The zero-order chi connectivity index (χ0) is 7.82. The second-order valence-corrected chi connectivity index (χ2v) is 2.39. The minimum absolute atomic E-state index is 0.980. The third-order valence-corrected chi connectivity index (χ3v) is 1.45. The number of hydrogen-bond donors (Lipinski definition) is 0. The van der Waals surface area contributed by atoms with E-state index in [1.807, 2.05) is 0 Å². The van der Waals surface area contributed by atoms with Gasteiger partial charge in [-0.1, -0.05) is 31.6 Å². The summed E-state index contributed by atoms with van der Waals surface area (Å²) >= 11 is 0. The Morgan fingerprint density at radius 3 is 2.50 bits per heavy atom. The normalized spacial score (nSPS) is 12.9. The predicted molar refractivity (Wildman–Crippen MR) is 46.8 cm³/mol. The summed E-state index contributed by atoms with van der Waals surface area (Å²) in [4.78, 5) is 0. The lowest BCUT2D eigenvalue weighted by Gasteiger charge is -1.89. The van der Waals surface area contributed by atoms with Crippen molar-refractivity contribution in [2.24, 2.45) is 0 Å². The van der Waals surface area contributed by atoms with Gasteiger partial charge in [-0.15, -0.1) is 0 Å². The average molecular weight is 137 g/mol. The second-order valence-electron chi connectivity index (χ2n) is 2.39. The van der Waals surface area contributed by atoms with Crippen molar-refractivity contribution in [1.29, 1.82) is 0 Å². The Bertz CT molecular complexity index is 118. The summed E-state index contributed by atoms with van der Waals surface area (Å²) in [5.41, 5.74) is 1.36. The van der Waals surface area contributed by atoms with Crippen LogP contribution < -0.4 is 0 Å². The van der Waals surface area contributed by atoms with E-state index in [1.54, 1.807) is 0 Å². The van der Waals surface area contributed by atoms with Crippen molar-refractivity contribution in [3.8, 4) is 0 Å². The van der Waals surface area contributed by atoms with Gasteiger partial charge in [-0.25, -0.2) is 0 Å². The van der Waals surface area contributed by atoms with Crippen LogP contribution in [0.4, 0.5) is 0 Å². The van der Waals surface area contributed by atoms with Gasteiger partial charge in [0.1, 0.15) is 0 Å². The largest absolute Gasteiger partial charge is 0.0885 e. The first-order valence-electron chi connectivity index (χ1n) is 4.02. The molecule has 0 aromatic heterocycles. The third-order valence-electron chi connectivity index (χ3n) is 1.45. The molecular weight excluding hydrogens is 120 g/mol.